The Hall–Kier alpha value is -2.68. The monoisotopic (exact) mass is 422 g/mol. The maximum Gasteiger partial charge on any atom is 0.0390 e. The molecule has 0 aliphatic rings. The molecule has 2 heteroatoms. The molecule has 0 N–H and O–H groups in total. The van der Waals surface area contributed by atoms with Crippen LogP contribution in [0.1, 0.15) is 22.3 Å². The summed E-state index contributed by atoms with van der Waals surface area (Å²) in [5.41, 5.74) is 8.20. The van der Waals surface area contributed by atoms with Gasteiger partial charge in [-0.2, -0.15) is 0 Å². The maximum atomic E-state index is 2.33. The first-order chi connectivity index (χ1) is 14.5. The minimum Gasteiger partial charge on any atom is -0.135 e. The summed E-state index contributed by atoms with van der Waals surface area (Å²) in [6.45, 7) is 8.98. The Balaban J connectivity index is 1.64. The lowest BCUT2D eigenvalue weighted by atomic mass is 9.94. The Labute approximate surface area is 184 Å². The highest BCUT2D eigenvalue weighted by atomic mass is 32.1. The standard InChI is InChI=1S/C28H22S2/c1-15-8-13-25-24(14-15)23-12-10-19(17(3)27(23)29-25)20-9-11-22-21-7-5-6-16(2)26(21)30-28(22)18(20)4/h5-14H,1-4H3. The van der Waals surface area contributed by atoms with Gasteiger partial charge in [-0.3, -0.25) is 0 Å². The minimum absolute atomic E-state index is 1.32. The van der Waals surface area contributed by atoms with Crippen molar-refractivity contribution in [1.82, 2.24) is 0 Å². The highest BCUT2D eigenvalue weighted by Gasteiger charge is 2.16. The number of thiophene rings is 2. The highest BCUT2D eigenvalue weighted by molar-refractivity contribution is 7.26. The van der Waals surface area contributed by atoms with Gasteiger partial charge in [0.1, 0.15) is 0 Å². The van der Waals surface area contributed by atoms with Crippen molar-refractivity contribution in [3.8, 4) is 11.1 Å². The van der Waals surface area contributed by atoms with Crippen molar-refractivity contribution in [3.05, 3.63) is 82.9 Å². The average Bonchev–Trinajstić information content (AvgIpc) is 3.30. The van der Waals surface area contributed by atoms with Crippen molar-refractivity contribution in [2.45, 2.75) is 27.7 Å². The van der Waals surface area contributed by atoms with E-state index in [1.54, 1.807) is 0 Å². The first-order valence-electron chi connectivity index (χ1n) is 10.4. The minimum atomic E-state index is 1.32. The predicted octanol–water partition coefficient (Wildman–Crippen LogP) is 9.32. The van der Waals surface area contributed by atoms with Gasteiger partial charge in [0.05, 0.1) is 0 Å². The van der Waals surface area contributed by atoms with Crippen LogP contribution >= 0.6 is 22.7 Å². The van der Waals surface area contributed by atoms with E-state index in [2.05, 4.69) is 88.4 Å². The van der Waals surface area contributed by atoms with E-state index in [1.807, 2.05) is 22.7 Å². The Morgan fingerprint density at radius 1 is 0.533 bits per heavy atom. The van der Waals surface area contributed by atoms with Crippen LogP contribution in [0.3, 0.4) is 0 Å². The number of benzene rings is 4. The van der Waals surface area contributed by atoms with Crippen LogP contribution in [0.4, 0.5) is 0 Å². The third-order valence-electron chi connectivity index (χ3n) is 6.45. The van der Waals surface area contributed by atoms with Crippen LogP contribution in [-0.2, 0) is 0 Å². The van der Waals surface area contributed by atoms with E-state index in [0.29, 0.717) is 0 Å². The van der Waals surface area contributed by atoms with Crippen LogP contribution in [-0.4, -0.2) is 0 Å². The first-order valence-corrected chi connectivity index (χ1v) is 12.0. The molecule has 2 aromatic heterocycles. The van der Waals surface area contributed by atoms with Gasteiger partial charge in [0, 0.05) is 40.3 Å². The lowest BCUT2D eigenvalue weighted by Crippen LogP contribution is -1.87. The molecule has 6 aromatic rings. The molecule has 2 heterocycles. The predicted molar refractivity (Wildman–Crippen MR) is 137 cm³/mol. The van der Waals surface area contributed by atoms with Gasteiger partial charge in [-0.05, 0) is 67.6 Å². The molecule has 0 fully saturated rings. The van der Waals surface area contributed by atoms with Crippen LogP contribution in [0.5, 0.6) is 0 Å². The number of fused-ring (bicyclic) bond motifs is 6. The molecule has 0 saturated heterocycles. The number of rotatable bonds is 1. The van der Waals surface area contributed by atoms with Crippen molar-refractivity contribution in [2.24, 2.45) is 0 Å². The molecule has 146 valence electrons. The summed E-state index contributed by atoms with van der Waals surface area (Å²) in [6.07, 6.45) is 0. The van der Waals surface area contributed by atoms with E-state index in [9.17, 15) is 0 Å². The van der Waals surface area contributed by atoms with Crippen molar-refractivity contribution in [3.63, 3.8) is 0 Å². The van der Waals surface area contributed by atoms with Crippen LogP contribution in [0, 0.1) is 27.7 Å². The van der Waals surface area contributed by atoms with E-state index in [1.165, 1.54) is 73.7 Å². The smallest absolute Gasteiger partial charge is 0.0390 e. The maximum absolute atomic E-state index is 2.33. The summed E-state index contributed by atoms with van der Waals surface area (Å²) in [7, 11) is 0. The third-order valence-corrected chi connectivity index (χ3v) is 9.23. The Kier molecular flexibility index (Phi) is 3.87. The van der Waals surface area contributed by atoms with E-state index >= 15 is 0 Å². The molecule has 4 aromatic carbocycles. The number of hydrogen-bond acceptors (Lipinski definition) is 2. The van der Waals surface area contributed by atoms with Crippen LogP contribution in [0.15, 0.2) is 60.7 Å². The topological polar surface area (TPSA) is 0 Å². The van der Waals surface area contributed by atoms with Gasteiger partial charge in [-0.25, -0.2) is 0 Å². The second-order valence-electron chi connectivity index (χ2n) is 8.38. The van der Waals surface area contributed by atoms with Crippen LogP contribution in [0.2, 0.25) is 0 Å². The quantitative estimate of drug-likeness (QED) is 0.247. The van der Waals surface area contributed by atoms with E-state index < -0.39 is 0 Å². The fourth-order valence-corrected chi connectivity index (χ4v) is 7.27. The average molecular weight is 423 g/mol. The fraction of sp³-hybridized carbons (Fsp3) is 0.143. The molecule has 0 amide bonds. The molecular weight excluding hydrogens is 400 g/mol. The van der Waals surface area contributed by atoms with E-state index in [4.69, 9.17) is 0 Å². The Morgan fingerprint density at radius 3 is 1.90 bits per heavy atom. The lowest BCUT2D eigenvalue weighted by molar-refractivity contribution is 1.48. The number of aryl methyl sites for hydroxylation is 4. The molecule has 0 spiro atoms. The zero-order valence-corrected chi connectivity index (χ0v) is 19.2. The van der Waals surface area contributed by atoms with Gasteiger partial charge >= 0.3 is 0 Å². The molecule has 0 nitrogen and oxygen atoms in total. The second-order valence-corrected chi connectivity index (χ2v) is 10.5. The Morgan fingerprint density at radius 2 is 1.17 bits per heavy atom. The van der Waals surface area contributed by atoms with Crippen LogP contribution in [0.25, 0.3) is 51.5 Å². The van der Waals surface area contributed by atoms with Gasteiger partial charge in [-0.1, -0.05) is 54.1 Å². The molecule has 0 bridgehead atoms. The van der Waals surface area contributed by atoms with Crippen LogP contribution < -0.4 is 0 Å². The molecule has 0 saturated carbocycles. The summed E-state index contributed by atoms with van der Waals surface area (Å²) in [5.74, 6) is 0. The number of hydrogen-bond donors (Lipinski definition) is 0. The van der Waals surface area contributed by atoms with Gasteiger partial charge < -0.3 is 0 Å². The van der Waals surface area contributed by atoms with Crippen molar-refractivity contribution >= 4 is 63.0 Å². The van der Waals surface area contributed by atoms with Crippen molar-refractivity contribution in [2.75, 3.05) is 0 Å². The zero-order valence-electron chi connectivity index (χ0n) is 17.6. The van der Waals surface area contributed by atoms with E-state index in [0.717, 1.165) is 0 Å². The van der Waals surface area contributed by atoms with E-state index in [-0.39, 0.29) is 0 Å². The Bertz CT molecular complexity index is 1630. The normalized spacial score (nSPS) is 12.0. The molecule has 0 aliphatic carbocycles. The summed E-state index contributed by atoms with van der Waals surface area (Å²) in [5, 5.41) is 5.54. The largest absolute Gasteiger partial charge is 0.135 e. The summed E-state index contributed by atoms with van der Waals surface area (Å²) >= 11 is 3.86. The lowest BCUT2D eigenvalue weighted by Gasteiger charge is -2.11. The summed E-state index contributed by atoms with van der Waals surface area (Å²) in [6, 6.07) is 22.8. The van der Waals surface area contributed by atoms with Gasteiger partial charge in [0.15, 0.2) is 0 Å². The molecule has 0 atom stereocenters. The molecular formula is C28H22S2. The molecule has 6 rings (SSSR count). The van der Waals surface area contributed by atoms with Crippen molar-refractivity contribution in [1.29, 1.82) is 0 Å². The third kappa shape index (κ3) is 2.44. The fourth-order valence-electron chi connectivity index (χ4n) is 4.81. The first kappa shape index (κ1) is 18.1. The summed E-state index contributed by atoms with van der Waals surface area (Å²) in [4.78, 5) is 0. The molecule has 0 aliphatic heterocycles. The SMILES string of the molecule is Cc1ccc2sc3c(C)c(-c4ccc5c(sc6c(C)cccc65)c4C)ccc3c2c1. The van der Waals surface area contributed by atoms with Gasteiger partial charge in [0.2, 0.25) is 0 Å². The summed E-state index contributed by atoms with van der Waals surface area (Å²) < 4.78 is 5.63. The van der Waals surface area contributed by atoms with Gasteiger partial charge in [-0.15, -0.1) is 22.7 Å². The molecule has 30 heavy (non-hydrogen) atoms. The molecule has 0 radical (unpaired) electrons. The second kappa shape index (κ2) is 6.41. The van der Waals surface area contributed by atoms with Gasteiger partial charge in [0.25, 0.3) is 0 Å². The molecule has 0 unspecified atom stereocenters. The highest BCUT2D eigenvalue weighted by Crippen LogP contribution is 2.44. The zero-order chi connectivity index (χ0) is 20.6. The van der Waals surface area contributed by atoms with Crippen molar-refractivity contribution < 1.29 is 0 Å².